The highest BCUT2D eigenvalue weighted by molar-refractivity contribution is 6.24. The second-order valence-electron chi connectivity index (χ2n) is 8.46. The number of hydroxylamine groups is 1. The predicted molar refractivity (Wildman–Crippen MR) is 126 cm³/mol. The van der Waals surface area contributed by atoms with Crippen molar-refractivity contribution in [2.24, 2.45) is 5.92 Å². The molecule has 3 aromatic carbocycles. The van der Waals surface area contributed by atoms with E-state index in [1.54, 1.807) is 5.06 Å². The van der Waals surface area contributed by atoms with Crippen molar-refractivity contribution < 1.29 is 19.2 Å². The van der Waals surface area contributed by atoms with E-state index in [1.807, 2.05) is 93.6 Å². The maximum atomic E-state index is 13.7. The van der Waals surface area contributed by atoms with Crippen molar-refractivity contribution >= 4 is 23.2 Å². The zero-order chi connectivity index (χ0) is 23.1. The summed E-state index contributed by atoms with van der Waals surface area (Å²) in [5.41, 5.74) is 4.26. The van der Waals surface area contributed by atoms with E-state index >= 15 is 0 Å². The van der Waals surface area contributed by atoms with Gasteiger partial charge >= 0.3 is 0 Å². The third kappa shape index (κ3) is 3.56. The molecular weight excluding hydrogens is 416 g/mol. The zero-order valence-corrected chi connectivity index (χ0v) is 18.9. The van der Waals surface area contributed by atoms with E-state index in [9.17, 15) is 9.59 Å². The van der Waals surface area contributed by atoms with Crippen LogP contribution in [0.4, 0.5) is 11.4 Å². The number of fused-ring (bicyclic) bond motifs is 1. The Morgan fingerprint density at radius 1 is 0.909 bits per heavy atom. The fraction of sp³-hybridized carbons (Fsp3) is 0.259. The second-order valence-corrected chi connectivity index (χ2v) is 8.46. The largest absolute Gasteiger partial charge is 0.494 e. The first-order chi connectivity index (χ1) is 16.0. The lowest BCUT2D eigenvalue weighted by atomic mass is 9.90. The lowest BCUT2D eigenvalue weighted by molar-refractivity contribution is -0.126. The van der Waals surface area contributed by atoms with Crippen LogP contribution in [-0.4, -0.2) is 24.5 Å². The number of carbonyl (C=O) groups excluding carboxylic acids is 2. The minimum atomic E-state index is -0.880. The summed E-state index contributed by atoms with van der Waals surface area (Å²) in [4.78, 5) is 34.7. The van der Waals surface area contributed by atoms with Crippen LogP contribution in [0.25, 0.3) is 0 Å². The quantitative estimate of drug-likeness (QED) is 0.534. The molecule has 2 heterocycles. The van der Waals surface area contributed by atoms with E-state index in [-0.39, 0.29) is 11.8 Å². The summed E-state index contributed by atoms with van der Waals surface area (Å²) in [5.74, 6) is -0.467. The Kier molecular flexibility index (Phi) is 5.38. The number of rotatable bonds is 5. The summed E-state index contributed by atoms with van der Waals surface area (Å²) in [6, 6.07) is 22.5. The monoisotopic (exact) mass is 442 g/mol. The maximum Gasteiger partial charge on any atom is 0.266 e. The number of para-hydroxylation sites is 1. The van der Waals surface area contributed by atoms with E-state index in [1.165, 1.54) is 4.90 Å². The topological polar surface area (TPSA) is 59.1 Å². The van der Waals surface area contributed by atoms with Crippen LogP contribution in [0, 0.1) is 19.8 Å². The molecule has 0 N–H and O–H groups in total. The number of hydrogen-bond donors (Lipinski definition) is 0. The van der Waals surface area contributed by atoms with Crippen LogP contribution in [0.15, 0.2) is 72.8 Å². The molecule has 0 aromatic heterocycles. The molecular formula is C27H26N2O4. The first-order valence-corrected chi connectivity index (χ1v) is 11.2. The van der Waals surface area contributed by atoms with Crippen molar-refractivity contribution in [3.63, 3.8) is 0 Å². The highest BCUT2D eigenvalue weighted by Crippen LogP contribution is 2.48. The molecule has 2 aliphatic rings. The van der Waals surface area contributed by atoms with Crippen LogP contribution < -0.4 is 14.7 Å². The number of carbonyl (C=O) groups is 2. The van der Waals surface area contributed by atoms with Crippen molar-refractivity contribution in [1.82, 2.24) is 0 Å². The number of aryl methyl sites for hydroxylation is 2. The molecule has 0 bridgehead atoms. The van der Waals surface area contributed by atoms with Gasteiger partial charge in [-0.3, -0.25) is 14.4 Å². The van der Waals surface area contributed by atoms with Gasteiger partial charge in [0.1, 0.15) is 11.7 Å². The molecule has 0 spiro atoms. The van der Waals surface area contributed by atoms with Crippen LogP contribution in [0.1, 0.15) is 29.7 Å². The van der Waals surface area contributed by atoms with Gasteiger partial charge in [0.05, 0.1) is 24.0 Å². The minimum absolute atomic E-state index is 0.241. The van der Waals surface area contributed by atoms with Gasteiger partial charge in [-0.15, -0.1) is 0 Å². The third-order valence-corrected chi connectivity index (χ3v) is 6.25. The Labute approximate surface area is 193 Å². The van der Waals surface area contributed by atoms with E-state index in [0.717, 1.165) is 28.1 Å². The summed E-state index contributed by atoms with van der Waals surface area (Å²) in [5, 5.41) is 1.71. The number of nitrogens with zero attached hydrogens (tertiary/aromatic N) is 2. The minimum Gasteiger partial charge on any atom is -0.494 e. The van der Waals surface area contributed by atoms with Crippen LogP contribution in [0.3, 0.4) is 0 Å². The van der Waals surface area contributed by atoms with Gasteiger partial charge in [0, 0.05) is 0 Å². The zero-order valence-electron chi connectivity index (χ0n) is 18.9. The molecule has 2 saturated heterocycles. The molecule has 3 aromatic rings. The molecule has 3 unspecified atom stereocenters. The summed E-state index contributed by atoms with van der Waals surface area (Å²) >= 11 is 0. The molecule has 6 nitrogen and oxygen atoms in total. The van der Waals surface area contributed by atoms with Gasteiger partial charge in [-0.2, -0.15) is 0 Å². The standard InChI is InChI=1S/C27H26N2O4/c1-4-32-21-13-11-19(12-14-21)24-23-25(33-29(24)20-8-6-5-7-9-20)27(31)28(26(23)30)22-15-10-17(2)16-18(22)3/h5-16,23-25H,4H2,1-3H3. The average molecular weight is 443 g/mol. The number of hydrogen-bond acceptors (Lipinski definition) is 5. The fourth-order valence-electron chi connectivity index (χ4n) is 4.77. The molecule has 3 atom stereocenters. The predicted octanol–water partition coefficient (Wildman–Crippen LogP) is 4.75. The fourth-order valence-corrected chi connectivity index (χ4v) is 4.77. The first kappa shape index (κ1) is 21.2. The van der Waals surface area contributed by atoms with Crippen LogP contribution in [0.5, 0.6) is 5.75 Å². The summed E-state index contributed by atoms with van der Waals surface area (Å²) in [6.45, 7) is 6.41. The number of ether oxygens (including phenoxy) is 1. The molecule has 2 fully saturated rings. The lowest BCUT2D eigenvalue weighted by Gasteiger charge is -2.29. The second kappa shape index (κ2) is 8.37. The number of imide groups is 1. The summed E-state index contributed by atoms with van der Waals surface area (Å²) in [6.07, 6.45) is -0.880. The van der Waals surface area contributed by atoms with Crippen molar-refractivity contribution in [2.45, 2.75) is 32.9 Å². The van der Waals surface area contributed by atoms with Gasteiger partial charge in [0.25, 0.3) is 5.91 Å². The van der Waals surface area contributed by atoms with Crippen molar-refractivity contribution in [3.8, 4) is 5.75 Å². The van der Waals surface area contributed by atoms with Crippen LogP contribution >= 0.6 is 0 Å². The summed E-state index contributed by atoms with van der Waals surface area (Å²) < 4.78 is 5.58. The molecule has 2 aliphatic heterocycles. The van der Waals surface area contributed by atoms with E-state index < -0.39 is 18.1 Å². The molecule has 5 rings (SSSR count). The molecule has 0 aliphatic carbocycles. The normalized spacial score (nSPS) is 22.1. The molecule has 6 heteroatoms. The lowest BCUT2D eigenvalue weighted by Crippen LogP contribution is -2.37. The van der Waals surface area contributed by atoms with Gasteiger partial charge in [0.2, 0.25) is 5.91 Å². The van der Waals surface area contributed by atoms with E-state index in [2.05, 4.69) is 0 Å². The molecule has 0 saturated carbocycles. The van der Waals surface area contributed by atoms with E-state index in [4.69, 9.17) is 9.57 Å². The smallest absolute Gasteiger partial charge is 0.266 e. The first-order valence-electron chi connectivity index (χ1n) is 11.2. The molecule has 168 valence electrons. The molecule has 2 amide bonds. The van der Waals surface area contributed by atoms with Crippen molar-refractivity contribution in [3.05, 3.63) is 89.5 Å². The van der Waals surface area contributed by atoms with Gasteiger partial charge in [-0.25, -0.2) is 9.96 Å². The van der Waals surface area contributed by atoms with Crippen LogP contribution in [0.2, 0.25) is 0 Å². The Morgan fingerprint density at radius 3 is 2.30 bits per heavy atom. The van der Waals surface area contributed by atoms with E-state index in [0.29, 0.717) is 12.3 Å². The maximum absolute atomic E-state index is 13.7. The Bertz CT molecular complexity index is 1190. The Balaban J connectivity index is 1.56. The van der Waals surface area contributed by atoms with Crippen LogP contribution in [-0.2, 0) is 14.4 Å². The Hall–Kier alpha value is -3.64. The third-order valence-electron chi connectivity index (χ3n) is 6.25. The Morgan fingerprint density at radius 2 is 1.64 bits per heavy atom. The number of amides is 2. The van der Waals surface area contributed by atoms with Crippen molar-refractivity contribution in [2.75, 3.05) is 16.6 Å². The van der Waals surface area contributed by atoms with Crippen molar-refractivity contribution in [1.29, 1.82) is 0 Å². The van der Waals surface area contributed by atoms with Gasteiger partial charge in [-0.05, 0) is 62.2 Å². The summed E-state index contributed by atoms with van der Waals surface area (Å²) in [7, 11) is 0. The van der Waals surface area contributed by atoms with Gasteiger partial charge in [-0.1, -0.05) is 48.0 Å². The SMILES string of the molecule is CCOc1ccc(C2C3C(=O)N(c4ccc(C)cc4C)C(=O)C3ON2c2ccccc2)cc1. The average Bonchev–Trinajstić information content (AvgIpc) is 3.32. The highest BCUT2D eigenvalue weighted by Gasteiger charge is 2.60. The van der Waals surface area contributed by atoms with Gasteiger partial charge < -0.3 is 4.74 Å². The number of anilines is 2. The molecule has 33 heavy (non-hydrogen) atoms. The van der Waals surface area contributed by atoms with Gasteiger partial charge in [0.15, 0.2) is 6.10 Å². The highest BCUT2D eigenvalue weighted by atomic mass is 16.7. The number of benzene rings is 3. The molecule has 0 radical (unpaired) electrons.